The van der Waals surface area contributed by atoms with Crippen LogP contribution in [-0.2, 0) is 19.2 Å². The molecule has 0 aliphatic rings. The summed E-state index contributed by atoms with van der Waals surface area (Å²) in [7, 11) is 0. The number of nitrogens with zero attached hydrogens (tertiary/aromatic N) is 1. The molecule has 0 bridgehead atoms. The van der Waals surface area contributed by atoms with E-state index in [1.165, 1.54) is 0 Å². The largest absolute Gasteiger partial charge is 0.480 e. The predicted molar refractivity (Wildman–Crippen MR) is 109 cm³/mol. The van der Waals surface area contributed by atoms with Crippen LogP contribution in [0.4, 0.5) is 0 Å². The van der Waals surface area contributed by atoms with Gasteiger partial charge in [0, 0.05) is 6.54 Å². The maximum absolute atomic E-state index is 12.5. The quantitative estimate of drug-likeness (QED) is 0.0775. The van der Waals surface area contributed by atoms with Crippen molar-refractivity contribution in [2.45, 2.75) is 51.2 Å². The van der Waals surface area contributed by atoms with Crippen LogP contribution >= 0.6 is 0 Å². The van der Waals surface area contributed by atoms with Gasteiger partial charge in [0.15, 0.2) is 5.96 Å². The molecule has 0 aromatic carbocycles. The number of hydrogen-bond donors (Lipinski definition) is 8. The summed E-state index contributed by atoms with van der Waals surface area (Å²) in [5.74, 6) is -3.50. The zero-order valence-electron chi connectivity index (χ0n) is 17.3. The number of guanidine groups is 1. The number of nitrogens with two attached hydrogens (primary N) is 3. The predicted octanol–water partition coefficient (Wildman–Crippen LogP) is -3.42. The molecule has 30 heavy (non-hydrogen) atoms. The van der Waals surface area contributed by atoms with Crippen LogP contribution in [0.15, 0.2) is 4.99 Å². The number of aliphatic imine (C=N–C) groups is 1. The lowest BCUT2D eigenvalue weighted by Crippen LogP contribution is -2.57. The van der Waals surface area contributed by atoms with E-state index in [1.54, 1.807) is 0 Å². The van der Waals surface area contributed by atoms with E-state index in [4.69, 9.17) is 17.2 Å². The lowest BCUT2D eigenvalue weighted by atomic mass is 10.0. The Morgan fingerprint density at radius 3 is 2.00 bits per heavy atom. The van der Waals surface area contributed by atoms with Crippen LogP contribution in [0.5, 0.6) is 0 Å². The molecular formula is C17H33N7O6. The first-order valence-corrected chi connectivity index (χ1v) is 9.51. The molecule has 0 aromatic rings. The van der Waals surface area contributed by atoms with Gasteiger partial charge in [0.05, 0.1) is 13.2 Å². The van der Waals surface area contributed by atoms with E-state index in [9.17, 15) is 29.4 Å². The fourth-order valence-electron chi connectivity index (χ4n) is 2.46. The summed E-state index contributed by atoms with van der Waals surface area (Å²) in [5, 5.41) is 25.8. The third-order valence-electron chi connectivity index (χ3n) is 3.92. The molecule has 0 spiro atoms. The van der Waals surface area contributed by atoms with Gasteiger partial charge in [-0.05, 0) is 25.2 Å². The van der Waals surface area contributed by atoms with Crippen molar-refractivity contribution in [2.24, 2.45) is 28.1 Å². The number of carboxylic acid groups (broad SMARTS) is 1. The molecule has 0 aromatic heterocycles. The molecule has 0 radical (unpaired) electrons. The fraction of sp³-hybridized carbons (Fsp3) is 0.706. The van der Waals surface area contributed by atoms with Crippen LogP contribution in [0, 0.1) is 5.92 Å². The van der Waals surface area contributed by atoms with Gasteiger partial charge in [-0.1, -0.05) is 13.8 Å². The number of carbonyl (C=O) groups is 4. The van der Waals surface area contributed by atoms with E-state index in [0.29, 0.717) is 0 Å². The minimum atomic E-state index is -1.40. The number of amides is 3. The molecule has 0 aliphatic carbocycles. The Labute approximate surface area is 174 Å². The van der Waals surface area contributed by atoms with Crippen molar-refractivity contribution in [3.63, 3.8) is 0 Å². The van der Waals surface area contributed by atoms with E-state index in [0.717, 1.165) is 0 Å². The second-order valence-electron chi connectivity index (χ2n) is 7.05. The Morgan fingerprint density at radius 2 is 1.53 bits per heavy atom. The molecule has 0 heterocycles. The van der Waals surface area contributed by atoms with Crippen molar-refractivity contribution >= 4 is 29.7 Å². The number of aliphatic hydroxyl groups excluding tert-OH is 1. The Morgan fingerprint density at radius 1 is 0.967 bits per heavy atom. The molecule has 0 saturated heterocycles. The molecule has 0 fully saturated rings. The first-order chi connectivity index (χ1) is 14.0. The van der Waals surface area contributed by atoms with Gasteiger partial charge >= 0.3 is 5.97 Å². The lowest BCUT2D eigenvalue weighted by molar-refractivity contribution is -0.142. The van der Waals surface area contributed by atoms with Crippen molar-refractivity contribution in [3.8, 4) is 0 Å². The third kappa shape index (κ3) is 11.2. The Balaban J connectivity index is 5.02. The van der Waals surface area contributed by atoms with Crippen molar-refractivity contribution in [1.29, 1.82) is 0 Å². The molecule has 3 amide bonds. The van der Waals surface area contributed by atoms with Gasteiger partial charge in [-0.15, -0.1) is 0 Å². The maximum Gasteiger partial charge on any atom is 0.326 e. The van der Waals surface area contributed by atoms with Gasteiger partial charge in [-0.2, -0.15) is 0 Å². The number of aliphatic carboxylic acids is 1. The molecule has 13 heteroatoms. The average molecular weight is 431 g/mol. The summed E-state index contributed by atoms with van der Waals surface area (Å²) < 4.78 is 0. The number of hydrogen-bond acceptors (Lipinski definition) is 7. The van der Waals surface area contributed by atoms with E-state index in [1.807, 2.05) is 13.8 Å². The van der Waals surface area contributed by atoms with E-state index >= 15 is 0 Å². The van der Waals surface area contributed by atoms with E-state index in [2.05, 4.69) is 20.9 Å². The third-order valence-corrected chi connectivity index (χ3v) is 3.92. The van der Waals surface area contributed by atoms with Crippen molar-refractivity contribution in [3.05, 3.63) is 0 Å². The highest BCUT2D eigenvalue weighted by Gasteiger charge is 2.29. The van der Waals surface area contributed by atoms with Crippen molar-refractivity contribution < 1.29 is 29.4 Å². The topological polar surface area (TPSA) is 235 Å². The fourth-order valence-corrected chi connectivity index (χ4v) is 2.46. The summed E-state index contributed by atoms with van der Waals surface area (Å²) in [4.78, 5) is 51.5. The Hall–Kier alpha value is -2.93. The number of rotatable bonds is 14. The minimum Gasteiger partial charge on any atom is -0.480 e. The monoisotopic (exact) mass is 431 g/mol. The molecule has 0 saturated carbocycles. The zero-order valence-corrected chi connectivity index (χ0v) is 17.3. The first kappa shape index (κ1) is 27.1. The lowest BCUT2D eigenvalue weighted by Gasteiger charge is -2.24. The first-order valence-electron chi connectivity index (χ1n) is 9.51. The molecule has 0 rings (SSSR count). The average Bonchev–Trinajstić information content (AvgIpc) is 2.66. The van der Waals surface area contributed by atoms with Gasteiger partial charge in [0.1, 0.15) is 18.1 Å². The SMILES string of the molecule is CC(C)CC(NC(=O)CN)C(=O)NC(CO)C(=O)NC(CCCN=C(N)N)C(=O)O. The number of aliphatic hydroxyl groups is 1. The number of nitrogens with one attached hydrogen (secondary N) is 3. The van der Waals surface area contributed by atoms with Crippen LogP contribution < -0.4 is 33.2 Å². The van der Waals surface area contributed by atoms with Crippen LogP contribution in [0.25, 0.3) is 0 Å². The van der Waals surface area contributed by atoms with Gasteiger partial charge in [0.25, 0.3) is 0 Å². The second-order valence-corrected chi connectivity index (χ2v) is 7.05. The highest BCUT2D eigenvalue weighted by molar-refractivity contribution is 5.93. The van der Waals surface area contributed by atoms with Crippen LogP contribution in [0.1, 0.15) is 33.1 Å². The number of carbonyl (C=O) groups excluding carboxylic acids is 3. The maximum atomic E-state index is 12.5. The van der Waals surface area contributed by atoms with E-state index < -0.39 is 48.4 Å². The Kier molecular flexibility index (Phi) is 12.7. The van der Waals surface area contributed by atoms with E-state index in [-0.39, 0.29) is 44.2 Å². The number of carboxylic acids is 1. The van der Waals surface area contributed by atoms with Crippen LogP contribution in [0.2, 0.25) is 0 Å². The van der Waals surface area contributed by atoms with Crippen molar-refractivity contribution in [2.75, 3.05) is 19.7 Å². The highest BCUT2D eigenvalue weighted by Crippen LogP contribution is 2.06. The highest BCUT2D eigenvalue weighted by atomic mass is 16.4. The molecule has 13 nitrogen and oxygen atoms in total. The molecular weight excluding hydrogens is 398 g/mol. The van der Waals surface area contributed by atoms with Gasteiger partial charge in [-0.3, -0.25) is 19.4 Å². The summed E-state index contributed by atoms with van der Waals surface area (Å²) in [6.45, 7) is 2.78. The van der Waals surface area contributed by atoms with Gasteiger partial charge < -0.3 is 43.4 Å². The van der Waals surface area contributed by atoms with Gasteiger partial charge in [-0.25, -0.2) is 4.79 Å². The van der Waals surface area contributed by atoms with Gasteiger partial charge in [0.2, 0.25) is 17.7 Å². The van der Waals surface area contributed by atoms with Crippen LogP contribution in [0.3, 0.4) is 0 Å². The van der Waals surface area contributed by atoms with Crippen LogP contribution in [-0.4, -0.2) is 77.7 Å². The minimum absolute atomic E-state index is 0.0342. The standard InChI is InChI=1S/C17H33N7O6/c1-9(2)6-11(22-13(26)7-18)14(27)24-12(8-25)15(28)23-10(16(29)30)4-3-5-21-17(19)20/h9-12,25H,3-8,18H2,1-2H3,(H,22,26)(H,23,28)(H,24,27)(H,29,30)(H4,19,20,21). The zero-order chi connectivity index (χ0) is 23.3. The van der Waals surface area contributed by atoms with Crippen molar-refractivity contribution in [1.82, 2.24) is 16.0 Å². The second kappa shape index (κ2) is 14.1. The molecule has 0 aliphatic heterocycles. The Bertz CT molecular complexity index is 622. The summed E-state index contributed by atoms with van der Waals surface area (Å²) in [6, 6.07) is -3.62. The summed E-state index contributed by atoms with van der Waals surface area (Å²) >= 11 is 0. The molecule has 172 valence electrons. The normalized spacial score (nSPS) is 13.6. The summed E-state index contributed by atoms with van der Waals surface area (Å²) in [6.07, 6.45) is 0.596. The summed E-state index contributed by atoms with van der Waals surface area (Å²) in [5.41, 5.74) is 15.6. The molecule has 3 atom stereocenters. The molecule has 11 N–H and O–H groups in total. The smallest absolute Gasteiger partial charge is 0.326 e. The molecule has 3 unspecified atom stereocenters.